The lowest BCUT2D eigenvalue weighted by Crippen LogP contribution is -2.32. The van der Waals surface area contributed by atoms with Gasteiger partial charge in [-0.05, 0) is 51.4 Å². The third-order valence-electron chi connectivity index (χ3n) is 4.44. The molecule has 152 valence electrons. The number of hydrogen-bond acceptors (Lipinski definition) is 3. The lowest BCUT2D eigenvalue weighted by atomic mass is 10.1. The van der Waals surface area contributed by atoms with E-state index >= 15 is 0 Å². The van der Waals surface area contributed by atoms with Crippen LogP contribution in [-0.2, 0) is 0 Å². The van der Waals surface area contributed by atoms with Crippen LogP contribution < -0.4 is 5.32 Å². The van der Waals surface area contributed by atoms with E-state index in [9.17, 15) is 4.79 Å². The van der Waals surface area contributed by atoms with Crippen LogP contribution in [0, 0.1) is 6.92 Å². The van der Waals surface area contributed by atoms with Crippen molar-refractivity contribution in [3.63, 3.8) is 0 Å². The third-order valence-corrected chi connectivity index (χ3v) is 5.23. The van der Waals surface area contributed by atoms with E-state index in [1.54, 1.807) is 35.0 Å². The number of halogens is 3. The molecule has 0 atom stereocenters. The quantitative estimate of drug-likeness (QED) is 0.567. The van der Waals surface area contributed by atoms with E-state index in [0.717, 1.165) is 23.4 Å². The Labute approximate surface area is 185 Å². The summed E-state index contributed by atoms with van der Waals surface area (Å²) in [5.41, 5.74) is 3.37. The van der Waals surface area contributed by atoms with Crippen LogP contribution in [0.3, 0.4) is 0 Å². The van der Waals surface area contributed by atoms with Gasteiger partial charge < -0.3 is 10.2 Å². The summed E-state index contributed by atoms with van der Waals surface area (Å²) >= 11 is 18.5. The van der Waals surface area contributed by atoms with Crippen molar-refractivity contribution in [1.82, 2.24) is 20.0 Å². The third kappa shape index (κ3) is 4.93. The van der Waals surface area contributed by atoms with Gasteiger partial charge in [-0.25, -0.2) is 4.68 Å². The smallest absolute Gasteiger partial charge is 0.272 e. The normalized spacial score (nSPS) is 11.1. The Morgan fingerprint density at radius 2 is 1.72 bits per heavy atom. The highest BCUT2D eigenvalue weighted by Crippen LogP contribution is 2.33. The number of carbonyl (C=O) groups is 1. The van der Waals surface area contributed by atoms with Crippen molar-refractivity contribution in [3.05, 3.63) is 68.8 Å². The predicted molar refractivity (Wildman–Crippen MR) is 120 cm³/mol. The van der Waals surface area contributed by atoms with E-state index in [-0.39, 0.29) is 5.91 Å². The van der Waals surface area contributed by atoms with Gasteiger partial charge in [-0.2, -0.15) is 5.10 Å². The van der Waals surface area contributed by atoms with Crippen LogP contribution in [0.15, 0.2) is 42.5 Å². The van der Waals surface area contributed by atoms with Gasteiger partial charge in [0.2, 0.25) is 0 Å². The number of carbonyl (C=O) groups excluding carboxylic acids is 1. The molecule has 2 aromatic carbocycles. The van der Waals surface area contributed by atoms with Crippen LogP contribution in [0.1, 0.15) is 16.1 Å². The Morgan fingerprint density at radius 1 is 1.07 bits per heavy atom. The molecule has 1 N–H and O–H groups in total. The molecule has 0 saturated carbocycles. The summed E-state index contributed by atoms with van der Waals surface area (Å²) in [7, 11) is 3.90. The minimum absolute atomic E-state index is 0.233. The molecule has 0 radical (unpaired) electrons. The summed E-state index contributed by atoms with van der Waals surface area (Å²) in [4.78, 5) is 14.8. The van der Waals surface area contributed by atoms with E-state index in [4.69, 9.17) is 34.8 Å². The van der Waals surface area contributed by atoms with Crippen LogP contribution in [-0.4, -0.2) is 47.8 Å². The van der Waals surface area contributed by atoms with Crippen LogP contribution in [0.4, 0.5) is 0 Å². The Balaban J connectivity index is 2.10. The molecule has 3 rings (SSSR count). The molecule has 0 unspecified atom stereocenters. The zero-order chi connectivity index (χ0) is 21.1. The maximum atomic E-state index is 12.8. The van der Waals surface area contributed by atoms with Crippen molar-refractivity contribution in [3.8, 4) is 16.9 Å². The molecule has 0 fully saturated rings. The van der Waals surface area contributed by atoms with Crippen molar-refractivity contribution < 1.29 is 4.79 Å². The van der Waals surface area contributed by atoms with Crippen LogP contribution in [0.5, 0.6) is 0 Å². The molecular formula is C21H21Cl3N4O. The molecular weight excluding hydrogens is 431 g/mol. The van der Waals surface area contributed by atoms with E-state index in [1.165, 1.54) is 0 Å². The monoisotopic (exact) mass is 450 g/mol. The SMILES string of the molecule is Cc1c(C(=O)NCCN(C)C)nn(-c2ccc(Cl)cc2Cl)c1-c1ccc(Cl)cc1. The van der Waals surface area contributed by atoms with Gasteiger partial charge in [-0.3, -0.25) is 4.79 Å². The highest BCUT2D eigenvalue weighted by molar-refractivity contribution is 6.35. The lowest BCUT2D eigenvalue weighted by molar-refractivity contribution is 0.0945. The van der Waals surface area contributed by atoms with Gasteiger partial charge in [0, 0.05) is 34.3 Å². The molecule has 0 saturated heterocycles. The number of nitrogens with one attached hydrogen (secondary N) is 1. The highest BCUT2D eigenvalue weighted by atomic mass is 35.5. The Morgan fingerprint density at radius 3 is 2.34 bits per heavy atom. The van der Waals surface area contributed by atoms with E-state index in [0.29, 0.717) is 33.0 Å². The maximum Gasteiger partial charge on any atom is 0.272 e. The fourth-order valence-electron chi connectivity index (χ4n) is 2.96. The average Bonchev–Trinajstić information content (AvgIpc) is 2.99. The Bertz CT molecular complexity index is 1030. The summed E-state index contributed by atoms with van der Waals surface area (Å²) in [6.45, 7) is 3.13. The minimum atomic E-state index is -0.233. The van der Waals surface area contributed by atoms with Crippen molar-refractivity contribution in [2.24, 2.45) is 0 Å². The lowest BCUT2D eigenvalue weighted by Gasteiger charge is -2.11. The molecule has 1 heterocycles. The first-order valence-corrected chi connectivity index (χ1v) is 10.1. The summed E-state index contributed by atoms with van der Waals surface area (Å²) in [6.07, 6.45) is 0. The van der Waals surface area contributed by atoms with E-state index in [1.807, 2.05) is 38.1 Å². The van der Waals surface area contributed by atoms with Gasteiger partial charge in [0.1, 0.15) is 0 Å². The van der Waals surface area contributed by atoms with Gasteiger partial charge in [0.25, 0.3) is 5.91 Å². The fourth-order valence-corrected chi connectivity index (χ4v) is 3.58. The zero-order valence-electron chi connectivity index (χ0n) is 16.3. The first-order valence-electron chi connectivity index (χ1n) is 9.02. The van der Waals surface area contributed by atoms with Gasteiger partial charge in [-0.15, -0.1) is 0 Å². The second-order valence-electron chi connectivity index (χ2n) is 6.90. The number of likely N-dealkylation sites (N-methyl/N-ethyl adjacent to an activating group) is 1. The average molecular weight is 452 g/mol. The second kappa shape index (κ2) is 9.18. The predicted octanol–water partition coefficient (Wildman–Crippen LogP) is 5.10. The van der Waals surface area contributed by atoms with Gasteiger partial charge in [0.05, 0.1) is 16.4 Å². The minimum Gasteiger partial charge on any atom is -0.349 e. The topological polar surface area (TPSA) is 50.2 Å². The summed E-state index contributed by atoms with van der Waals surface area (Å²) in [5, 5.41) is 9.11. The van der Waals surface area contributed by atoms with Crippen molar-refractivity contribution in [2.75, 3.05) is 27.2 Å². The summed E-state index contributed by atoms with van der Waals surface area (Å²) < 4.78 is 1.68. The van der Waals surface area contributed by atoms with E-state index < -0.39 is 0 Å². The number of hydrogen-bond donors (Lipinski definition) is 1. The summed E-state index contributed by atoms with van der Waals surface area (Å²) in [5.74, 6) is -0.233. The van der Waals surface area contributed by atoms with E-state index in [2.05, 4.69) is 10.4 Å². The van der Waals surface area contributed by atoms with Crippen molar-refractivity contribution in [2.45, 2.75) is 6.92 Å². The number of benzene rings is 2. The van der Waals surface area contributed by atoms with Gasteiger partial charge >= 0.3 is 0 Å². The standard InChI is InChI=1S/C21H21Cl3N4O/c1-13-19(21(29)25-10-11-27(2)3)26-28(18-9-8-16(23)12-17(18)24)20(13)14-4-6-15(22)7-5-14/h4-9,12H,10-11H2,1-3H3,(H,25,29). The molecule has 5 nitrogen and oxygen atoms in total. The van der Waals surface area contributed by atoms with Crippen molar-refractivity contribution >= 4 is 40.7 Å². The summed E-state index contributed by atoms with van der Waals surface area (Å²) in [6, 6.07) is 12.5. The number of rotatable bonds is 6. The molecule has 0 bridgehead atoms. The van der Waals surface area contributed by atoms with Crippen LogP contribution >= 0.6 is 34.8 Å². The van der Waals surface area contributed by atoms with Crippen molar-refractivity contribution in [1.29, 1.82) is 0 Å². The number of amides is 1. The molecule has 1 aromatic heterocycles. The Hall–Kier alpha value is -2.05. The second-order valence-corrected chi connectivity index (χ2v) is 8.18. The molecule has 0 aliphatic heterocycles. The van der Waals surface area contributed by atoms with Gasteiger partial charge in [-0.1, -0.05) is 46.9 Å². The zero-order valence-corrected chi connectivity index (χ0v) is 18.6. The Kier molecular flexibility index (Phi) is 6.85. The largest absolute Gasteiger partial charge is 0.349 e. The van der Waals surface area contributed by atoms with Gasteiger partial charge in [0.15, 0.2) is 5.69 Å². The molecule has 1 amide bonds. The van der Waals surface area contributed by atoms with Crippen LogP contribution in [0.2, 0.25) is 15.1 Å². The number of aromatic nitrogens is 2. The first kappa shape index (κ1) is 21.7. The molecule has 3 aromatic rings. The molecule has 0 aliphatic carbocycles. The van der Waals surface area contributed by atoms with Crippen LogP contribution in [0.25, 0.3) is 16.9 Å². The first-order chi connectivity index (χ1) is 13.8. The highest BCUT2D eigenvalue weighted by Gasteiger charge is 2.23. The molecule has 0 aliphatic rings. The maximum absolute atomic E-state index is 12.8. The molecule has 8 heteroatoms. The fraction of sp³-hybridized carbons (Fsp3) is 0.238. The molecule has 0 spiro atoms. The molecule has 29 heavy (non-hydrogen) atoms. The number of nitrogens with zero attached hydrogens (tertiary/aromatic N) is 3.